The molecule has 1 unspecified atom stereocenters. The molecule has 2 aliphatic rings. The van der Waals surface area contributed by atoms with Gasteiger partial charge >= 0.3 is 0 Å². The summed E-state index contributed by atoms with van der Waals surface area (Å²) in [6.45, 7) is 3.93. The number of sulfone groups is 1. The molecule has 1 aromatic rings. The van der Waals surface area contributed by atoms with Gasteiger partial charge < -0.3 is 4.90 Å². The van der Waals surface area contributed by atoms with Crippen molar-refractivity contribution < 1.29 is 8.42 Å². The molecular weight excluding hydrogens is 262 g/mol. The van der Waals surface area contributed by atoms with Crippen molar-refractivity contribution in [3.63, 3.8) is 0 Å². The Morgan fingerprint density at radius 2 is 2.16 bits per heavy atom. The molecule has 19 heavy (non-hydrogen) atoms. The van der Waals surface area contributed by atoms with Gasteiger partial charge in [0.15, 0.2) is 9.84 Å². The van der Waals surface area contributed by atoms with Gasteiger partial charge in [-0.05, 0) is 31.5 Å². The summed E-state index contributed by atoms with van der Waals surface area (Å²) in [7, 11) is -3.22. The van der Waals surface area contributed by atoms with Crippen molar-refractivity contribution in [3.05, 3.63) is 18.3 Å². The molecule has 0 radical (unpaired) electrons. The molecule has 2 saturated heterocycles. The Labute approximate surface area is 114 Å². The first-order chi connectivity index (χ1) is 9.05. The SMILES string of the molecule is CS(=O)(=O)c1cccnc1N1CCN2CCCC2C1. The van der Waals surface area contributed by atoms with Crippen LogP contribution in [-0.4, -0.2) is 56.8 Å². The molecule has 0 aromatic carbocycles. The summed E-state index contributed by atoms with van der Waals surface area (Å²) >= 11 is 0. The van der Waals surface area contributed by atoms with Crippen LogP contribution in [0.5, 0.6) is 0 Å². The van der Waals surface area contributed by atoms with Gasteiger partial charge in [-0.3, -0.25) is 4.90 Å². The van der Waals surface area contributed by atoms with E-state index in [1.54, 1.807) is 18.3 Å². The van der Waals surface area contributed by atoms with E-state index in [0.29, 0.717) is 16.8 Å². The molecule has 0 N–H and O–H groups in total. The topological polar surface area (TPSA) is 53.5 Å². The highest BCUT2D eigenvalue weighted by atomic mass is 32.2. The summed E-state index contributed by atoms with van der Waals surface area (Å²) in [4.78, 5) is 9.29. The van der Waals surface area contributed by atoms with E-state index in [9.17, 15) is 8.42 Å². The minimum absolute atomic E-state index is 0.349. The number of rotatable bonds is 2. The zero-order valence-corrected chi connectivity index (χ0v) is 11.9. The van der Waals surface area contributed by atoms with Crippen LogP contribution in [0.25, 0.3) is 0 Å². The van der Waals surface area contributed by atoms with Gasteiger partial charge in [-0.2, -0.15) is 0 Å². The predicted octanol–water partition coefficient (Wildman–Crippen LogP) is 0.769. The highest BCUT2D eigenvalue weighted by molar-refractivity contribution is 7.90. The number of aromatic nitrogens is 1. The van der Waals surface area contributed by atoms with Gasteiger partial charge in [0.1, 0.15) is 10.7 Å². The van der Waals surface area contributed by atoms with Crippen LogP contribution in [0.2, 0.25) is 0 Å². The Morgan fingerprint density at radius 3 is 2.95 bits per heavy atom. The van der Waals surface area contributed by atoms with Crippen molar-refractivity contribution in [2.75, 3.05) is 37.3 Å². The molecule has 0 spiro atoms. The van der Waals surface area contributed by atoms with Gasteiger partial charge in [-0.25, -0.2) is 13.4 Å². The van der Waals surface area contributed by atoms with Crippen molar-refractivity contribution in [1.82, 2.24) is 9.88 Å². The molecule has 2 fully saturated rings. The molecule has 1 atom stereocenters. The smallest absolute Gasteiger partial charge is 0.179 e. The molecule has 2 aliphatic heterocycles. The monoisotopic (exact) mass is 281 g/mol. The van der Waals surface area contributed by atoms with E-state index in [2.05, 4.69) is 14.8 Å². The van der Waals surface area contributed by atoms with Crippen LogP contribution in [0.4, 0.5) is 5.82 Å². The summed E-state index contributed by atoms with van der Waals surface area (Å²) in [6.07, 6.45) is 5.38. The lowest BCUT2D eigenvalue weighted by Crippen LogP contribution is -2.50. The molecule has 104 valence electrons. The van der Waals surface area contributed by atoms with E-state index < -0.39 is 9.84 Å². The Morgan fingerprint density at radius 1 is 1.32 bits per heavy atom. The van der Waals surface area contributed by atoms with Crippen molar-refractivity contribution in [2.24, 2.45) is 0 Å². The summed E-state index contributed by atoms with van der Waals surface area (Å²) in [5, 5.41) is 0. The quantitative estimate of drug-likeness (QED) is 0.801. The number of anilines is 1. The van der Waals surface area contributed by atoms with E-state index in [0.717, 1.165) is 19.6 Å². The lowest BCUT2D eigenvalue weighted by Gasteiger charge is -2.38. The second-order valence-corrected chi connectivity index (χ2v) is 7.36. The number of piperazine rings is 1. The summed E-state index contributed by atoms with van der Waals surface area (Å²) < 4.78 is 23.7. The van der Waals surface area contributed by atoms with E-state index in [4.69, 9.17) is 0 Å². The average molecular weight is 281 g/mol. The second kappa shape index (κ2) is 4.76. The Balaban J connectivity index is 1.91. The van der Waals surface area contributed by atoms with Gasteiger partial charge in [-0.15, -0.1) is 0 Å². The fourth-order valence-electron chi connectivity index (χ4n) is 3.09. The van der Waals surface area contributed by atoms with Crippen LogP contribution < -0.4 is 4.90 Å². The Hall–Kier alpha value is -1.14. The molecule has 0 saturated carbocycles. The maximum absolute atomic E-state index is 11.8. The van der Waals surface area contributed by atoms with Crippen LogP contribution >= 0.6 is 0 Å². The lowest BCUT2D eigenvalue weighted by molar-refractivity contribution is 0.230. The Kier molecular flexibility index (Phi) is 3.22. The lowest BCUT2D eigenvalue weighted by atomic mass is 10.1. The van der Waals surface area contributed by atoms with Crippen molar-refractivity contribution >= 4 is 15.7 Å². The van der Waals surface area contributed by atoms with E-state index >= 15 is 0 Å². The van der Waals surface area contributed by atoms with Crippen LogP contribution in [0.15, 0.2) is 23.2 Å². The van der Waals surface area contributed by atoms with Crippen molar-refractivity contribution in [1.29, 1.82) is 0 Å². The molecular formula is C13H19N3O2S. The van der Waals surface area contributed by atoms with Crippen molar-refractivity contribution in [2.45, 2.75) is 23.8 Å². The third kappa shape index (κ3) is 2.47. The molecule has 5 nitrogen and oxygen atoms in total. The first-order valence-electron chi connectivity index (χ1n) is 6.70. The number of hydrogen-bond acceptors (Lipinski definition) is 5. The first kappa shape index (κ1) is 12.9. The molecule has 0 aliphatic carbocycles. The predicted molar refractivity (Wildman–Crippen MR) is 74.2 cm³/mol. The Bertz CT molecular complexity index is 573. The first-order valence-corrected chi connectivity index (χ1v) is 8.59. The number of hydrogen-bond donors (Lipinski definition) is 0. The molecule has 0 bridgehead atoms. The highest BCUT2D eigenvalue weighted by Gasteiger charge is 2.32. The van der Waals surface area contributed by atoms with Crippen LogP contribution in [0.1, 0.15) is 12.8 Å². The van der Waals surface area contributed by atoms with Crippen molar-refractivity contribution in [3.8, 4) is 0 Å². The third-order valence-corrected chi connectivity index (χ3v) is 5.15. The minimum Gasteiger partial charge on any atom is -0.353 e. The molecule has 6 heteroatoms. The zero-order chi connectivity index (χ0) is 13.5. The largest absolute Gasteiger partial charge is 0.353 e. The number of nitrogens with zero attached hydrogens (tertiary/aromatic N) is 3. The molecule has 3 heterocycles. The van der Waals surface area contributed by atoms with Crippen LogP contribution in [0, 0.1) is 0 Å². The maximum atomic E-state index is 11.8. The van der Waals surface area contributed by atoms with Gasteiger partial charge in [0.25, 0.3) is 0 Å². The molecule has 1 aromatic heterocycles. The van der Waals surface area contributed by atoms with Gasteiger partial charge in [0, 0.05) is 38.1 Å². The average Bonchev–Trinajstić information content (AvgIpc) is 2.85. The second-order valence-electron chi connectivity index (χ2n) is 5.38. The summed E-state index contributed by atoms with van der Waals surface area (Å²) in [5.74, 6) is 0.622. The fourth-order valence-corrected chi connectivity index (χ4v) is 3.93. The molecule has 3 rings (SSSR count). The zero-order valence-electron chi connectivity index (χ0n) is 11.1. The molecule has 0 amide bonds. The maximum Gasteiger partial charge on any atom is 0.179 e. The van der Waals surface area contributed by atoms with Crippen LogP contribution in [0.3, 0.4) is 0 Å². The summed E-state index contributed by atoms with van der Waals surface area (Å²) in [5.41, 5.74) is 0. The van der Waals surface area contributed by atoms with Crippen LogP contribution in [-0.2, 0) is 9.84 Å². The standard InChI is InChI=1S/C13H19N3O2S/c1-19(17,18)12-5-2-6-14-13(12)16-9-8-15-7-3-4-11(15)10-16/h2,5-6,11H,3-4,7-10H2,1H3. The van der Waals surface area contributed by atoms with E-state index in [1.807, 2.05) is 0 Å². The van der Waals surface area contributed by atoms with Gasteiger partial charge in [-0.1, -0.05) is 0 Å². The van der Waals surface area contributed by atoms with E-state index in [-0.39, 0.29) is 0 Å². The van der Waals surface area contributed by atoms with Gasteiger partial charge in [0.05, 0.1) is 0 Å². The highest BCUT2D eigenvalue weighted by Crippen LogP contribution is 2.28. The number of fused-ring (bicyclic) bond motifs is 1. The minimum atomic E-state index is -3.22. The number of pyridine rings is 1. The summed E-state index contributed by atoms with van der Waals surface area (Å²) in [6, 6.07) is 3.90. The normalized spacial score (nSPS) is 24.5. The fraction of sp³-hybridized carbons (Fsp3) is 0.615. The third-order valence-electron chi connectivity index (χ3n) is 4.04. The van der Waals surface area contributed by atoms with Gasteiger partial charge in [0.2, 0.25) is 0 Å². The van der Waals surface area contributed by atoms with E-state index in [1.165, 1.54) is 25.6 Å².